The van der Waals surface area contributed by atoms with Crippen LogP contribution in [0.1, 0.15) is 28.3 Å². The molecule has 1 aliphatic rings. The molecule has 0 aromatic carbocycles. The minimum absolute atomic E-state index is 0.140. The Morgan fingerprint density at radius 2 is 2.00 bits per heavy atom. The van der Waals surface area contributed by atoms with Gasteiger partial charge < -0.3 is 15.5 Å². The quantitative estimate of drug-likeness (QED) is 0.799. The zero-order chi connectivity index (χ0) is 14.7. The summed E-state index contributed by atoms with van der Waals surface area (Å²) in [6.45, 7) is 8.68. The molecule has 1 fully saturated rings. The molecule has 110 valence electrons. The first-order valence-electron chi connectivity index (χ1n) is 6.86. The normalized spacial score (nSPS) is 16.9. The van der Waals surface area contributed by atoms with Crippen LogP contribution in [0.15, 0.2) is 6.07 Å². The molecule has 2 rings (SSSR count). The van der Waals surface area contributed by atoms with Crippen LogP contribution in [0.5, 0.6) is 0 Å². The summed E-state index contributed by atoms with van der Waals surface area (Å²) in [5.74, 6) is -0.939. The molecule has 0 saturated carbocycles. The van der Waals surface area contributed by atoms with E-state index < -0.39 is 11.8 Å². The van der Waals surface area contributed by atoms with Gasteiger partial charge in [-0.1, -0.05) is 0 Å². The van der Waals surface area contributed by atoms with Crippen LogP contribution in [-0.2, 0) is 9.59 Å². The van der Waals surface area contributed by atoms with Gasteiger partial charge in [0, 0.05) is 35.9 Å². The number of carbonyl (C=O) groups excluding carboxylic acids is 2. The number of carbonyl (C=O) groups is 2. The van der Waals surface area contributed by atoms with E-state index in [4.69, 9.17) is 0 Å². The third-order valence-corrected chi connectivity index (χ3v) is 4.47. The number of piperazine rings is 1. The summed E-state index contributed by atoms with van der Waals surface area (Å²) in [4.78, 5) is 28.1. The summed E-state index contributed by atoms with van der Waals surface area (Å²) >= 11 is 1.71. The van der Waals surface area contributed by atoms with Crippen molar-refractivity contribution < 1.29 is 9.59 Å². The van der Waals surface area contributed by atoms with E-state index in [1.807, 2.05) is 20.8 Å². The Balaban J connectivity index is 1.96. The average molecular weight is 295 g/mol. The van der Waals surface area contributed by atoms with Crippen LogP contribution in [0.2, 0.25) is 0 Å². The number of thiophene rings is 1. The number of rotatable bonds is 2. The van der Waals surface area contributed by atoms with E-state index in [1.54, 1.807) is 16.2 Å². The van der Waals surface area contributed by atoms with E-state index in [1.165, 1.54) is 9.75 Å². The number of nitrogens with one attached hydrogen (secondary N) is 2. The van der Waals surface area contributed by atoms with E-state index in [0.29, 0.717) is 13.1 Å². The molecule has 6 heteroatoms. The van der Waals surface area contributed by atoms with Gasteiger partial charge in [-0.15, -0.1) is 11.3 Å². The average Bonchev–Trinajstić information content (AvgIpc) is 2.78. The molecular formula is C14H21N3O2S. The summed E-state index contributed by atoms with van der Waals surface area (Å²) in [6, 6.07) is 1.93. The standard InChI is InChI=1S/C14H21N3O2S/c1-9-8-12(11(3)20-9)10(2)16-13(18)14(19)17-6-4-15-5-7-17/h8,10,15H,4-7H2,1-3H3,(H,16,18). The first-order chi connectivity index (χ1) is 9.49. The SMILES string of the molecule is Cc1cc(C(C)NC(=O)C(=O)N2CCNCC2)c(C)s1. The van der Waals surface area contributed by atoms with Gasteiger partial charge >= 0.3 is 11.8 Å². The number of hydrogen-bond acceptors (Lipinski definition) is 4. The second-order valence-corrected chi connectivity index (χ2v) is 6.57. The van der Waals surface area contributed by atoms with Crippen molar-refractivity contribution in [2.75, 3.05) is 26.2 Å². The summed E-state index contributed by atoms with van der Waals surface area (Å²) in [6.07, 6.45) is 0. The van der Waals surface area contributed by atoms with Crippen LogP contribution >= 0.6 is 11.3 Å². The summed E-state index contributed by atoms with van der Waals surface area (Å²) in [7, 11) is 0. The fourth-order valence-corrected chi connectivity index (χ4v) is 3.45. The first-order valence-corrected chi connectivity index (χ1v) is 7.68. The molecule has 2 N–H and O–H groups in total. The molecule has 0 radical (unpaired) electrons. The maximum absolute atomic E-state index is 12.0. The van der Waals surface area contributed by atoms with Crippen molar-refractivity contribution in [3.63, 3.8) is 0 Å². The van der Waals surface area contributed by atoms with Gasteiger partial charge in [-0.05, 0) is 32.4 Å². The lowest BCUT2D eigenvalue weighted by atomic mass is 10.1. The molecule has 2 amide bonds. The Hall–Kier alpha value is -1.40. The summed E-state index contributed by atoms with van der Waals surface area (Å²) in [5, 5.41) is 5.96. The van der Waals surface area contributed by atoms with Gasteiger partial charge in [0.2, 0.25) is 0 Å². The Morgan fingerprint density at radius 3 is 2.55 bits per heavy atom. The number of amides is 2. The highest BCUT2D eigenvalue weighted by molar-refractivity contribution is 7.12. The molecule has 20 heavy (non-hydrogen) atoms. The predicted octanol–water partition coefficient (Wildman–Crippen LogP) is 0.974. The Morgan fingerprint density at radius 1 is 1.35 bits per heavy atom. The van der Waals surface area contributed by atoms with Crippen molar-refractivity contribution in [1.82, 2.24) is 15.5 Å². The van der Waals surface area contributed by atoms with Gasteiger partial charge in [-0.25, -0.2) is 0 Å². The molecule has 1 unspecified atom stereocenters. The second-order valence-electron chi connectivity index (χ2n) is 5.11. The fraction of sp³-hybridized carbons (Fsp3) is 0.571. The first kappa shape index (κ1) is 15.0. The molecule has 1 aromatic heterocycles. The number of nitrogens with zero attached hydrogens (tertiary/aromatic N) is 1. The van der Waals surface area contributed by atoms with Crippen LogP contribution in [0, 0.1) is 13.8 Å². The minimum atomic E-state index is -0.511. The van der Waals surface area contributed by atoms with Crippen LogP contribution in [-0.4, -0.2) is 42.9 Å². The zero-order valence-corrected chi connectivity index (χ0v) is 13.0. The maximum Gasteiger partial charge on any atom is 0.311 e. The van der Waals surface area contributed by atoms with E-state index >= 15 is 0 Å². The number of aryl methyl sites for hydroxylation is 2. The Kier molecular flexibility index (Phi) is 4.77. The zero-order valence-electron chi connectivity index (χ0n) is 12.2. The molecule has 2 heterocycles. The molecule has 0 aliphatic carbocycles. The van der Waals surface area contributed by atoms with Crippen molar-refractivity contribution in [1.29, 1.82) is 0 Å². The molecule has 1 aliphatic heterocycles. The highest BCUT2D eigenvalue weighted by Crippen LogP contribution is 2.26. The van der Waals surface area contributed by atoms with Crippen LogP contribution in [0.3, 0.4) is 0 Å². The third-order valence-electron chi connectivity index (χ3n) is 3.49. The van der Waals surface area contributed by atoms with Gasteiger partial charge in [-0.2, -0.15) is 0 Å². The summed E-state index contributed by atoms with van der Waals surface area (Å²) < 4.78 is 0. The molecule has 1 atom stereocenters. The topological polar surface area (TPSA) is 61.4 Å². The lowest BCUT2D eigenvalue weighted by Crippen LogP contribution is -2.51. The highest BCUT2D eigenvalue weighted by atomic mass is 32.1. The molecule has 1 saturated heterocycles. The molecular weight excluding hydrogens is 274 g/mol. The van der Waals surface area contributed by atoms with E-state index in [9.17, 15) is 9.59 Å². The van der Waals surface area contributed by atoms with Crippen molar-refractivity contribution in [3.8, 4) is 0 Å². The van der Waals surface area contributed by atoms with Gasteiger partial charge in [0.05, 0.1) is 6.04 Å². The molecule has 0 spiro atoms. The van der Waals surface area contributed by atoms with Crippen molar-refractivity contribution in [2.24, 2.45) is 0 Å². The summed E-state index contributed by atoms with van der Waals surface area (Å²) in [5.41, 5.74) is 1.09. The van der Waals surface area contributed by atoms with Gasteiger partial charge in [0.1, 0.15) is 0 Å². The number of hydrogen-bond donors (Lipinski definition) is 2. The van der Waals surface area contributed by atoms with Crippen molar-refractivity contribution >= 4 is 23.2 Å². The van der Waals surface area contributed by atoms with Crippen LogP contribution in [0.25, 0.3) is 0 Å². The van der Waals surface area contributed by atoms with E-state index in [-0.39, 0.29) is 6.04 Å². The highest BCUT2D eigenvalue weighted by Gasteiger charge is 2.25. The second kappa shape index (κ2) is 6.37. The third kappa shape index (κ3) is 3.37. The Bertz CT molecular complexity index is 507. The monoisotopic (exact) mass is 295 g/mol. The molecule has 1 aromatic rings. The molecule has 5 nitrogen and oxygen atoms in total. The van der Waals surface area contributed by atoms with E-state index in [2.05, 4.69) is 16.7 Å². The van der Waals surface area contributed by atoms with E-state index in [0.717, 1.165) is 18.7 Å². The lowest BCUT2D eigenvalue weighted by molar-refractivity contribution is -0.146. The minimum Gasteiger partial charge on any atom is -0.341 e. The smallest absolute Gasteiger partial charge is 0.311 e. The van der Waals surface area contributed by atoms with Crippen molar-refractivity contribution in [2.45, 2.75) is 26.8 Å². The van der Waals surface area contributed by atoms with Crippen molar-refractivity contribution in [3.05, 3.63) is 21.4 Å². The molecule has 0 bridgehead atoms. The lowest BCUT2D eigenvalue weighted by Gasteiger charge is -2.27. The van der Waals surface area contributed by atoms with Crippen LogP contribution in [0.4, 0.5) is 0 Å². The maximum atomic E-state index is 12.0. The van der Waals surface area contributed by atoms with Gasteiger partial charge in [-0.3, -0.25) is 9.59 Å². The largest absolute Gasteiger partial charge is 0.341 e. The Labute approximate surface area is 123 Å². The fourth-order valence-electron chi connectivity index (χ4n) is 2.43. The van der Waals surface area contributed by atoms with Gasteiger partial charge in [0.25, 0.3) is 0 Å². The predicted molar refractivity (Wildman–Crippen MR) is 79.8 cm³/mol. The van der Waals surface area contributed by atoms with Crippen LogP contribution < -0.4 is 10.6 Å². The van der Waals surface area contributed by atoms with Gasteiger partial charge in [0.15, 0.2) is 0 Å².